The van der Waals surface area contributed by atoms with Gasteiger partial charge in [-0.25, -0.2) is 0 Å². The lowest BCUT2D eigenvalue weighted by atomic mass is 9.95. The number of carbonyl (C=O) groups excluding carboxylic acids is 1. The monoisotopic (exact) mass is 414 g/mol. The van der Waals surface area contributed by atoms with E-state index in [0.717, 1.165) is 47.8 Å². The Bertz CT molecular complexity index is 963. The van der Waals surface area contributed by atoms with Crippen molar-refractivity contribution >= 4 is 17.4 Å². The van der Waals surface area contributed by atoms with Gasteiger partial charge in [-0.2, -0.15) is 0 Å². The number of hydrogen-bond donors (Lipinski definition) is 1. The van der Waals surface area contributed by atoms with Crippen molar-refractivity contribution in [1.29, 1.82) is 0 Å². The average molecular weight is 415 g/mol. The molecule has 0 radical (unpaired) electrons. The van der Waals surface area contributed by atoms with Crippen LogP contribution in [0.15, 0.2) is 66.7 Å². The average Bonchev–Trinajstić information content (AvgIpc) is 3.11. The number of carbonyl (C=O) groups is 1. The molecule has 0 aliphatic carbocycles. The summed E-state index contributed by atoms with van der Waals surface area (Å²) in [5.41, 5.74) is 3.66. The molecule has 5 nitrogen and oxygen atoms in total. The molecule has 1 N–H and O–H groups in total. The molecular weight excluding hydrogens is 384 g/mol. The lowest BCUT2D eigenvalue weighted by Crippen LogP contribution is -2.25. The van der Waals surface area contributed by atoms with Crippen molar-refractivity contribution < 1.29 is 4.79 Å². The Hall–Kier alpha value is -3.21. The van der Waals surface area contributed by atoms with Gasteiger partial charge in [0.1, 0.15) is 0 Å². The quantitative estimate of drug-likeness (QED) is 0.566. The smallest absolute Gasteiger partial charge is 0.231 e. The molecular formula is C26H30N4O. The third kappa shape index (κ3) is 5.29. The predicted molar refractivity (Wildman–Crippen MR) is 126 cm³/mol. The Morgan fingerprint density at radius 2 is 1.61 bits per heavy atom. The molecule has 1 atom stereocenters. The Balaban J connectivity index is 1.41. The SMILES string of the molecule is CCC(C(=O)Nc1ccc(-c2ccc(N3CCCCCC3)nn2)cc1)c1ccccc1. The minimum Gasteiger partial charge on any atom is -0.355 e. The first-order valence-corrected chi connectivity index (χ1v) is 11.3. The van der Waals surface area contributed by atoms with Gasteiger partial charge in [-0.3, -0.25) is 4.79 Å². The maximum atomic E-state index is 12.8. The van der Waals surface area contributed by atoms with Crippen molar-refractivity contribution in [2.24, 2.45) is 0 Å². The predicted octanol–water partition coefficient (Wildman–Crippen LogP) is 5.66. The molecule has 0 spiro atoms. The van der Waals surface area contributed by atoms with E-state index in [0.29, 0.717) is 0 Å². The molecule has 0 bridgehead atoms. The third-order valence-corrected chi connectivity index (χ3v) is 5.96. The van der Waals surface area contributed by atoms with Crippen LogP contribution in [0.5, 0.6) is 0 Å². The fourth-order valence-corrected chi connectivity index (χ4v) is 4.16. The largest absolute Gasteiger partial charge is 0.355 e. The van der Waals surface area contributed by atoms with E-state index < -0.39 is 0 Å². The summed E-state index contributed by atoms with van der Waals surface area (Å²) in [6.45, 7) is 4.16. The highest BCUT2D eigenvalue weighted by molar-refractivity contribution is 5.96. The minimum absolute atomic E-state index is 0.0167. The van der Waals surface area contributed by atoms with Crippen LogP contribution in [0.1, 0.15) is 50.5 Å². The van der Waals surface area contributed by atoms with Crippen LogP contribution in [0.4, 0.5) is 11.5 Å². The summed E-state index contributed by atoms with van der Waals surface area (Å²) >= 11 is 0. The molecule has 5 heteroatoms. The van der Waals surface area contributed by atoms with E-state index in [1.165, 1.54) is 25.7 Å². The van der Waals surface area contributed by atoms with E-state index in [2.05, 4.69) is 26.5 Å². The zero-order valence-electron chi connectivity index (χ0n) is 18.1. The second kappa shape index (κ2) is 10.2. The van der Waals surface area contributed by atoms with Crippen molar-refractivity contribution in [1.82, 2.24) is 10.2 Å². The number of hydrogen-bond acceptors (Lipinski definition) is 4. The molecule has 1 aliphatic rings. The van der Waals surface area contributed by atoms with Crippen LogP contribution in [0.2, 0.25) is 0 Å². The molecule has 160 valence electrons. The second-order valence-corrected chi connectivity index (χ2v) is 8.12. The lowest BCUT2D eigenvalue weighted by Gasteiger charge is -2.20. The van der Waals surface area contributed by atoms with Gasteiger partial charge in [-0.15, -0.1) is 10.2 Å². The Kier molecular flexibility index (Phi) is 6.92. The molecule has 2 heterocycles. The van der Waals surface area contributed by atoms with Gasteiger partial charge in [0.05, 0.1) is 11.6 Å². The number of anilines is 2. The van der Waals surface area contributed by atoms with Crippen LogP contribution >= 0.6 is 0 Å². The second-order valence-electron chi connectivity index (χ2n) is 8.12. The van der Waals surface area contributed by atoms with Crippen molar-refractivity contribution in [3.63, 3.8) is 0 Å². The minimum atomic E-state index is -0.154. The van der Waals surface area contributed by atoms with Gasteiger partial charge < -0.3 is 10.2 Å². The summed E-state index contributed by atoms with van der Waals surface area (Å²) in [4.78, 5) is 15.1. The van der Waals surface area contributed by atoms with Gasteiger partial charge in [0, 0.05) is 24.3 Å². The molecule has 1 aromatic heterocycles. The summed E-state index contributed by atoms with van der Waals surface area (Å²) in [5, 5.41) is 12.0. The normalized spacial score (nSPS) is 15.2. The number of benzene rings is 2. The first-order chi connectivity index (χ1) is 15.2. The number of aromatic nitrogens is 2. The van der Waals surface area contributed by atoms with Crippen molar-refractivity contribution in [2.45, 2.75) is 44.9 Å². The van der Waals surface area contributed by atoms with E-state index in [-0.39, 0.29) is 11.8 Å². The van der Waals surface area contributed by atoms with Gasteiger partial charge in [0.15, 0.2) is 5.82 Å². The summed E-state index contributed by atoms with van der Waals surface area (Å²) in [6.07, 6.45) is 5.80. The van der Waals surface area contributed by atoms with Crippen LogP contribution in [-0.2, 0) is 4.79 Å². The summed E-state index contributed by atoms with van der Waals surface area (Å²) in [6, 6.07) is 21.8. The van der Waals surface area contributed by atoms with E-state index in [9.17, 15) is 4.79 Å². The van der Waals surface area contributed by atoms with Crippen molar-refractivity contribution in [2.75, 3.05) is 23.3 Å². The van der Waals surface area contributed by atoms with Crippen LogP contribution < -0.4 is 10.2 Å². The highest BCUT2D eigenvalue weighted by Gasteiger charge is 2.18. The summed E-state index contributed by atoms with van der Waals surface area (Å²) < 4.78 is 0. The Labute approximate surface area is 184 Å². The van der Waals surface area contributed by atoms with Crippen LogP contribution in [0, 0.1) is 0 Å². The van der Waals surface area contributed by atoms with Crippen LogP contribution in [0.25, 0.3) is 11.3 Å². The first-order valence-electron chi connectivity index (χ1n) is 11.3. The van der Waals surface area contributed by atoms with Gasteiger partial charge in [-0.05, 0) is 49.1 Å². The third-order valence-electron chi connectivity index (χ3n) is 5.96. The number of nitrogens with zero attached hydrogens (tertiary/aromatic N) is 3. The summed E-state index contributed by atoms with van der Waals surface area (Å²) in [5.74, 6) is 0.822. The van der Waals surface area contributed by atoms with E-state index in [1.807, 2.05) is 67.6 Å². The molecule has 1 aliphatic heterocycles. The Morgan fingerprint density at radius 1 is 0.903 bits per heavy atom. The zero-order chi connectivity index (χ0) is 21.5. The number of amides is 1. The van der Waals surface area contributed by atoms with Gasteiger partial charge >= 0.3 is 0 Å². The molecule has 1 unspecified atom stereocenters. The zero-order valence-corrected chi connectivity index (χ0v) is 18.1. The molecule has 1 fully saturated rings. The fourth-order valence-electron chi connectivity index (χ4n) is 4.16. The summed E-state index contributed by atoms with van der Waals surface area (Å²) in [7, 11) is 0. The van der Waals surface area contributed by atoms with Crippen molar-refractivity contribution in [3.8, 4) is 11.3 Å². The number of rotatable bonds is 6. The molecule has 1 saturated heterocycles. The van der Waals surface area contributed by atoms with Gasteiger partial charge in [0.25, 0.3) is 0 Å². The molecule has 31 heavy (non-hydrogen) atoms. The van der Waals surface area contributed by atoms with Gasteiger partial charge in [0.2, 0.25) is 5.91 Å². The van der Waals surface area contributed by atoms with Crippen molar-refractivity contribution in [3.05, 3.63) is 72.3 Å². The molecule has 1 amide bonds. The maximum absolute atomic E-state index is 12.8. The highest BCUT2D eigenvalue weighted by Crippen LogP contribution is 2.24. The standard InChI is InChI=1S/C26H30N4O/c1-2-23(20-10-6-5-7-11-20)26(31)27-22-14-12-21(13-15-22)24-16-17-25(29-28-24)30-18-8-3-4-9-19-30/h5-7,10-17,23H,2-4,8-9,18-19H2,1H3,(H,27,31). The topological polar surface area (TPSA) is 58.1 Å². The fraction of sp³-hybridized carbons (Fsp3) is 0.346. The molecule has 3 aromatic rings. The lowest BCUT2D eigenvalue weighted by molar-refractivity contribution is -0.117. The van der Waals surface area contributed by atoms with Crippen LogP contribution in [-0.4, -0.2) is 29.2 Å². The molecule has 2 aromatic carbocycles. The van der Waals surface area contributed by atoms with E-state index in [1.54, 1.807) is 0 Å². The molecule has 0 saturated carbocycles. The highest BCUT2D eigenvalue weighted by atomic mass is 16.1. The Morgan fingerprint density at radius 3 is 2.23 bits per heavy atom. The van der Waals surface area contributed by atoms with Gasteiger partial charge in [-0.1, -0.05) is 62.2 Å². The van der Waals surface area contributed by atoms with E-state index in [4.69, 9.17) is 0 Å². The maximum Gasteiger partial charge on any atom is 0.231 e. The van der Waals surface area contributed by atoms with Crippen LogP contribution in [0.3, 0.4) is 0 Å². The first kappa shape index (κ1) is 21.0. The number of nitrogens with one attached hydrogen (secondary N) is 1. The van der Waals surface area contributed by atoms with E-state index >= 15 is 0 Å². The molecule has 4 rings (SSSR count).